The molecule has 1 saturated carbocycles. The number of likely N-dealkylation sites (tertiary alicyclic amines) is 1. The molecule has 2 aliphatic rings. The molecule has 0 spiro atoms. The number of nitrogens with zero attached hydrogens (tertiary/aromatic N) is 1. The van der Waals surface area contributed by atoms with E-state index < -0.39 is 0 Å². The Morgan fingerprint density at radius 1 is 1.00 bits per heavy atom. The predicted molar refractivity (Wildman–Crippen MR) is 168 cm³/mol. The summed E-state index contributed by atoms with van der Waals surface area (Å²) in [5.41, 5.74) is 2.14. The topological polar surface area (TPSA) is 111 Å². The fourth-order valence-corrected chi connectivity index (χ4v) is 5.96. The second kappa shape index (κ2) is 18.9. The molecule has 1 aromatic rings. The summed E-state index contributed by atoms with van der Waals surface area (Å²) in [6.45, 7) is 16.9. The summed E-state index contributed by atoms with van der Waals surface area (Å²) in [4.78, 5) is 15.4. The number of phenolic OH excluding ortho intramolecular Hbond substituents is 1. The van der Waals surface area contributed by atoms with Crippen molar-refractivity contribution in [2.75, 3.05) is 92.8 Å². The molecule has 1 saturated heterocycles. The standard InChI is InChI=1S/C33H57N3O7/c1-25-27(3)36(24-28-6-7-28)12-10-33(25,4)31-22-29(37)8-9-30(31)26(2)35-32(38)23-34-11-13-40-16-17-42-20-21-43-19-18-41-15-14-39-5/h8-9,22,25-28,34,37H,6-7,10-21,23-24H2,1-5H3,(H,35,38)/t25-,26?,27+,33?/m0/s1. The number of piperidine rings is 1. The van der Waals surface area contributed by atoms with E-state index in [1.165, 1.54) is 19.4 Å². The molecule has 1 heterocycles. The average molecular weight is 608 g/mol. The van der Waals surface area contributed by atoms with Gasteiger partial charge in [-0.15, -0.1) is 0 Å². The molecule has 3 rings (SSSR count). The molecule has 43 heavy (non-hydrogen) atoms. The van der Waals surface area contributed by atoms with Gasteiger partial charge in [0.2, 0.25) is 5.91 Å². The summed E-state index contributed by atoms with van der Waals surface area (Å²) in [6.07, 6.45) is 3.77. The van der Waals surface area contributed by atoms with Crippen molar-refractivity contribution >= 4 is 5.91 Å². The molecule has 10 heteroatoms. The first kappa shape index (κ1) is 35.7. The van der Waals surface area contributed by atoms with Gasteiger partial charge in [-0.25, -0.2) is 0 Å². The molecule has 1 aromatic carbocycles. The number of ether oxygens (including phenoxy) is 5. The van der Waals surface area contributed by atoms with Crippen molar-refractivity contribution in [3.05, 3.63) is 29.3 Å². The van der Waals surface area contributed by atoms with Crippen LogP contribution < -0.4 is 10.6 Å². The number of hydrogen-bond acceptors (Lipinski definition) is 9. The van der Waals surface area contributed by atoms with Gasteiger partial charge in [-0.3, -0.25) is 4.79 Å². The van der Waals surface area contributed by atoms with Crippen LogP contribution in [0.2, 0.25) is 0 Å². The number of nitrogens with one attached hydrogen (secondary N) is 2. The van der Waals surface area contributed by atoms with Crippen LogP contribution in [-0.4, -0.2) is 115 Å². The van der Waals surface area contributed by atoms with E-state index >= 15 is 0 Å². The number of rotatable bonds is 22. The maximum atomic E-state index is 12.8. The number of amides is 1. The highest BCUT2D eigenvalue weighted by molar-refractivity contribution is 5.78. The molecule has 246 valence electrons. The van der Waals surface area contributed by atoms with Gasteiger partial charge >= 0.3 is 0 Å². The maximum absolute atomic E-state index is 12.8. The van der Waals surface area contributed by atoms with Crippen LogP contribution in [0.4, 0.5) is 0 Å². The van der Waals surface area contributed by atoms with Gasteiger partial charge < -0.3 is 44.3 Å². The monoisotopic (exact) mass is 607 g/mol. The number of aromatic hydroxyl groups is 1. The Kier molecular flexibility index (Phi) is 15.7. The maximum Gasteiger partial charge on any atom is 0.234 e. The normalized spacial score (nSPS) is 23.4. The summed E-state index contributed by atoms with van der Waals surface area (Å²) in [5.74, 6) is 1.50. The Labute approximate surface area is 259 Å². The fourth-order valence-electron chi connectivity index (χ4n) is 5.96. The highest BCUT2D eigenvalue weighted by Crippen LogP contribution is 2.46. The number of methoxy groups -OCH3 is 1. The Balaban J connectivity index is 1.31. The van der Waals surface area contributed by atoms with E-state index in [2.05, 4.69) is 36.3 Å². The Bertz CT molecular complexity index is 947. The molecule has 0 radical (unpaired) electrons. The molecule has 1 aliphatic heterocycles. The van der Waals surface area contributed by atoms with E-state index in [-0.39, 0.29) is 29.7 Å². The van der Waals surface area contributed by atoms with E-state index in [0.717, 1.165) is 30.0 Å². The van der Waals surface area contributed by atoms with E-state index in [9.17, 15) is 9.90 Å². The molecular formula is C33H57N3O7. The SMILES string of the molecule is COCCOCCOCCOCCOCCNCC(=O)NC(C)c1ccc(O)cc1C1(C)CCN(CC2CC2)[C@H](C)[C@@H]1C. The summed E-state index contributed by atoms with van der Waals surface area (Å²) < 4.78 is 26.8. The lowest BCUT2D eigenvalue weighted by molar-refractivity contribution is -0.120. The first-order valence-corrected chi connectivity index (χ1v) is 16.1. The third-order valence-electron chi connectivity index (χ3n) is 9.17. The molecule has 4 atom stereocenters. The van der Waals surface area contributed by atoms with Crippen LogP contribution in [-0.2, 0) is 33.9 Å². The molecule has 10 nitrogen and oxygen atoms in total. The minimum atomic E-state index is -0.172. The van der Waals surface area contributed by atoms with Crippen molar-refractivity contribution in [2.45, 2.75) is 64.5 Å². The zero-order valence-corrected chi connectivity index (χ0v) is 27.2. The van der Waals surface area contributed by atoms with Crippen LogP contribution in [0.1, 0.15) is 64.1 Å². The van der Waals surface area contributed by atoms with Crippen molar-refractivity contribution < 1.29 is 33.6 Å². The van der Waals surface area contributed by atoms with Crippen LogP contribution in [0.15, 0.2) is 18.2 Å². The molecule has 2 fully saturated rings. The Hall–Kier alpha value is -1.79. The highest BCUT2D eigenvalue weighted by atomic mass is 16.6. The molecule has 0 bridgehead atoms. The molecule has 0 aromatic heterocycles. The number of carbonyl (C=O) groups excluding carboxylic acids is 1. The van der Waals surface area contributed by atoms with Crippen LogP contribution in [0.25, 0.3) is 0 Å². The Morgan fingerprint density at radius 3 is 2.21 bits per heavy atom. The third kappa shape index (κ3) is 11.9. The minimum Gasteiger partial charge on any atom is -0.508 e. The first-order valence-electron chi connectivity index (χ1n) is 16.1. The fraction of sp³-hybridized carbons (Fsp3) is 0.788. The third-order valence-corrected chi connectivity index (χ3v) is 9.17. The zero-order chi connectivity index (χ0) is 31.1. The average Bonchev–Trinajstić information content (AvgIpc) is 3.81. The zero-order valence-electron chi connectivity index (χ0n) is 27.2. The lowest BCUT2D eigenvalue weighted by Gasteiger charge is -2.50. The summed E-state index contributed by atoms with van der Waals surface area (Å²) in [6, 6.07) is 5.92. The van der Waals surface area contributed by atoms with E-state index in [1.807, 2.05) is 19.1 Å². The van der Waals surface area contributed by atoms with Crippen molar-refractivity contribution in [1.82, 2.24) is 15.5 Å². The second-order valence-corrected chi connectivity index (χ2v) is 12.3. The Morgan fingerprint density at radius 2 is 1.60 bits per heavy atom. The summed E-state index contributed by atoms with van der Waals surface area (Å²) >= 11 is 0. The largest absolute Gasteiger partial charge is 0.508 e. The minimum absolute atomic E-state index is 0.0650. The molecule has 1 amide bonds. The van der Waals surface area contributed by atoms with Gasteiger partial charge in [0.25, 0.3) is 0 Å². The van der Waals surface area contributed by atoms with Gasteiger partial charge in [-0.05, 0) is 80.2 Å². The predicted octanol–water partition coefficient (Wildman–Crippen LogP) is 3.27. The number of carbonyl (C=O) groups is 1. The van der Waals surface area contributed by atoms with Gasteiger partial charge in [0.1, 0.15) is 5.75 Å². The van der Waals surface area contributed by atoms with Gasteiger partial charge in [0.15, 0.2) is 0 Å². The summed E-state index contributed by atoms with van der Waals surface area (Å²) in [5, 5.41) is 16.8. The number of phenols is 1. The lowest BCUT2D eigenvalue weighted by atomic mass is 9.63. The number of hydrogen-bond donors (Lipinski definition) is 3. The van der Waals surface area contributed by atoms with Gasteiger partial charge in [-0.2, -0.15) is 0 Å². The lowest BCUT2D eigenvalue weighted by Crippen LogP contribution is -2.53. The van der Waals surface area contributed by atoms with Crippen LogP contribution >= 0.6 is 0 Å². The van der Waals surface area contributed by atoms with E-state index in [0.29, 0.717) is 78.0 Å². The summed E-state index contributed by atoms with van der Waals surface area (Å²) in [7, 11) is 1.65. The van der Waals surface area contributed by atoms with Crippen molar-refractivity contribution in [1.29, 1.82) is 0 Å². The van der Waals surface area contributed by atoms with Gasteiger partial charge in [-0.1, -0.05) is 19.9 Å². The van der Waals surface area contributed by atoms with Crippen molar-refractivity contribution in [3.63, 3.8) is 0 Å². The molecule has 3 N–H and O–H groups in total. The van der Waals surface area contributed by atoms with E-state index in [1.54, 1.807) is 13.2 Å². The molecule has 2 unspecified atom stereocenters. The van der Waals surface area contributed by atoms with Crippen molar-refractivity contribution in [3.8, 4) is 5.75 Å². The molecular weight excluding hydrogens is 550 g/mol. The van der Waals surface area contributed by atoms with E-state index in [4.69, 9.17) is 23.7 Å². The van der Waals surface area contributed by atoms with Crippen LogP contribution in [0.3, 0.4) is 0 Å². The van der Waals surface area contributed by atoms with Crippen LogP contribution in [0.5, 0.6) is 5.75 Å². The number of benzene rings is 1. The first-order chi connectivity index (χ1) is 20.8. The quantitative estimate of drug-likeness (QED) is 0.171. The highest BCUT2D eigenvalue weighted by Gasteiger charge is 2.44. The second-order valence-electron chi connectivity index (χ2n) is 12.3. The van der Waals surface area contributed by atoms with Gasteiger partial charge in [0, 0.05) is 26.2 Å². The smallest absolute Gasteiger partial charge is 0.234 e. The van der Waals surface area contributed by atoms with Crippen LogP contribution in [0, 0.1) is 11.8 Å². The van der Waals surface area contributed by atoms with Gasteiger partial charge in [0.05, 0.1) is 72.0 Å². The van der Waals surface area contributed by atoms with Crippen molar-refractivity contribution in [2.24, 2.45) is 11.8 Å². The molecule has 1 aliphatic carbocycles.